The summed E-state index contributed by atoms with van der Waals surface area (Å²) in [7, 11) is 1.63. The van der Waals surface area contributed by atoms with Crippen molar-refractivity contribution in [2.45, 2.75) is 45.7 Å². The van der Waals surface area contributed by atoms with Crippen LogP contribution in [-0.2, 0) is 22.1 Å². The second-order valence-electron chi connectivity index (χ2n) is 5.96. The molecule has 144 valence electrons. The Bertz CT molecular complexity index is 773. The average Bonchev–Trinajstić information content (AvgIpc) is 2.99. The summed E-state index contributed by atoms with van der Waals surface area (Å²) >= 11 is 0. The number of methoxy groups -OCH3 is 1. The van der Waals surface area contributed by atoms with Gasteiger partial charge in [-0.1, -0.05) is 0 Å². The van der Waals surface area contributed by atoms with Crippen LogP contribution in [0.25, 0.3) is 5.78 Å². The fourth-order valence-electron chi connectivity index (χ4n) is 2.62. The van der Waals surface area contributed by atoms with Crippen LogP contribution >= 0.6 is 0 Å². The molecular weight excluding hydrogens is 351 g/mol. The highest BCUT2D eigenvalue weighted by atomic mass is 19.4. The Morgan fingerprint density at radius 2 is 1.96 bits per heavy atom. The van der Waals surface area contributed by atoms with Crippen LogP contribution in [0.5, 0.6) is 0 Å². The molecule has 0 bridgehead atoms. The van der Waals surface area contributed by atoms with E-state index in [4.69, 9.17) is 4.74 Å². The lowest BCUT2D eigenvalue weighted by molar-refractivity contribution is -0.144. The summed E-state index contributed by atoms with van der Waals surface area (Å²) in [6.45, 7) is 4.55. The van der Waals surface area contributed by atoms with Crippen molar-refractivity contribution in [3.05, 3.63) is 22.8 Å². The molecule has 0 aliphatic rings. The van der Waals surface area contributed by atoms with E-state index >= 15 is 0 Å². The van der Waals surface area contributed by atoms with Gasteiger partial charge in [-0.25, -0.2) is 9.50 Å². The molecule has 0 aliphatic carbocycles. The van der Waals surface area contributed by atoms with E-state index in [2.05, 4.69) is 20.4 Å². The van der Waals surface area contributed by atoms with Gasteiger partial charge in [-0.05, 0) is 38.7 Å². The summed E-state index contributed by atoms with van der Waals surface area (Å²) in [4.78, 5) is 19.4. The fourth-order valence-corrected chi connectivity index (χ4v) is 2.62. The lowest BCUT2D eigenvalue weighted by Gasteiger charge is -2.10. The van der Waals surface area contributed by atoms with Crippen LogP contribution in [0.4, 0.5) is 13.2 Å². The highest BCUT2D eigenvalue weighted by molar-refractivity contribution is 5.76. The Kier molecular flexibility index (Phi) is 6.52. The minimum Gasteiger partial charge on any atom is -0.385 e. The standard InChI is InChI=1S/C16H22F3N5O2/c1-10-12(6-7-13(25)20-8-4-5-9-26-3)11(2)24-15(21-10)22-14(23-24)16(17,18)19/h4-9H2,1-3H3,(H,20,25). The zero-order chi connectivity index (χ0) is 19.3. The third-order valence-corrected chi connectivity index (χ3v) is 4.00. The van der Waals surface area contributed by atoms with Crippen LogP contribution < -0.4 is 5.32 Å². The summed E-state index contributed by atoms with van der Waals surface area (Å²) in [5.74, 6) is -1.44. The van der Waals surface area contributed by atoms with Crippen molar-refractivity contribution in [1.29, 1.82) is 0 Å². The van der Waals surface area contributed by atoms with Crippen LogP contribution in [-0.4, -0.2) is 45.8 Å². The Hall–Kier alpha value is -2.23. The maximum absolute atomic E-state index is 12.8. The monoisotopic (exact) mass is 373 g/mol. The summed E-state index contributed by atoms with van der Waals surface area (Å²) in [6, 6.07) is 0. The van der Waals surface area contributed by atoms with Crippen molar-refractivity contribution in [3.63, 3.8) is 0 Å². The SMILES string of the molecule is COCCCCNC(=O)CCc1c(C)nc2nc(C(F)(F)F)nn2c1C. The van der Waals surface area contributed by atoms with Gasteiger partial charge in [0.15, 0.2) is 0 Å². The number of unbranched alkanes of at least 4 members (excludes halogenated alkanes) is 1. The lowest BCUT2D eigenvalue weighted by atomic mass is 10.1. The first-order chi connectivity index (χ1) is 12.2. The molecular formula is C16H22F3N5O2. The zero-order valence-corrected chi connectivity index (χ0v) is 15.0. The number of nitrogens with one attached hydrogen (secondary N) is 1. The molecule has 26 heavy (non-hydrogen) atoms. The van der Waals surface area contributed by atoms with E-state index < -0.39 is 12.0 Å². The number of carbonyl (C=O) groups excluding carboxylic acids is 1. The number of amides is 1. The molecule has 0 aliphatic heterocycles. The van der Waals surface area contributed by atoms with E-state index in [1.165, 1.54) is 0 Å². The van der Waals surface area contributed by atoms with Crippen LogP contribution in [0.2, 0.25) is 0 Å². The van der Waals surface area contributed by atoms with Crippen LogP contribution in [0.1, 0.15) is 42.0 Å². The predicted octanol–water partition coefficient (Wildman–Crippen LogP) is 2.24. The fraction of sp³-hybridized carbons (Fsp3) is 0.625. The van der Waals surface area contributed by atoms with Crippen LogP contribution in [0, 0.1) is 13.8 Å². The number of ether oxygens (including phenoxy) is 1. The number of aromatic nitrogens is 4. The molecule has 1 amide bonds. The number of rotatable bonds is 8. The van der Waals surface area contributed by atoms with Gasteiger partial charge in [0.1, 0.15) is 0 Å². The number of halogens is 3. The first-order valence-corrected chi connectivity index (χ1v) is 8.29. The van der Waals surface area contributed by atoms with Gasteiger partial charge in [-0.15, -0.1) is 5.10 Å². The summed E-state index contributed by atoms with van der Waals surface area (Å²) < 4.78 is 44.4. The number of nitrogens with zero attached hydrogens (tertiary/aromatic N) is 4. The van der Waals surface area contributed by atoms with Crippen molar-refractivity contribution in [2.75, 3.05) is 20.3 Å². The number of carbonyl (C=O) groups is 1. The molecule has 7 nitrogen and oxygen atoms in total. The first kappa shape index (κ1) is 20.1. The highest BCUT2D eigenvalue weighted by Gasteiger charge is 2.36. The van der Waals surface area contributed by atoms with E-state index in [0.29, 0.717) is 36.5 Å². The minimum absolute atomic E-state index is 0.0985. The molecule has 2 rings (SSSR count). The maximum atomic E-state index is 12.8. The van der Waals surface area contributed by atoms with E-state index in [0.717, 1.165) is 17.4 Å². The topological polar surface area (TPSA) is 81.4 Å². The Morgan fingerprint density at radius 3 is 2.62 bits per heavy atom. The van der Waals surface area contributed by atoms with Crippen molar-refractivity contribution < 1.29 is 22.7 Å². The third-order valence-electron chi connectivity index (χ3n) is 4.00. The van der Waals surface area contributed by atoms with Gasteiger partial charge in [0.25, 0.3) is 11.6 Å². The normalized spacial score (nSPS) is 11.9. The first-order valence-electron chi connectivity index (χ1n) is 8.29. The van der Waals surface area contributed by atoms with Crippen LogP contribution in [0.15, 0.2) is 0 Å². The molecule has 0 atom stereocenters. The maximum Gasteiger partial charge on any atom is 0.453 e. The van der Waals surface area contributed by atoms with Gasteiger partial charge in [-0.2, -0.15) is 18.2 Å². The Balaban J connectivity index is 2.04. The number of aryl methyl sites for hydroxylation is 2. The molecule has 1 N–H and O–H groups in total. The van der Waals surface area contributed by atoms with Crippen molar-refractivity contribution in [3.8, 4) is 0 Å². The molecule has 0 aromatic carbocycles. The van der Waals surface area contributed by atoms with Crippen molar-refractivity contribution in [1.82, 2.24) is 24.9 Å². The predicted molar refractivity (Wildman–Crippen MR) is 87.7 cm³/mol. The molecule has 0 radical (unpaired) electrons. The third kappa shape index (κ3) is 4.90. The molecule has 10 heteroatoms. The van der Waals surface area contributed by atoms with Crippen molar-refractivity contribution in [2.24, 2.45) is 0 Å². The molecule has 0 unspecified atom stereocenters. The van der Waals surface area contributed by atoms with Crippen molar-refractivity contribution >= 4 is 11.7 Å². The van der Waals surface area contributed by atoms with E-state index in [-0.39, 0.29) is 18.1 Å². The van der Waals surface area contributed by atoms with Gasteiger partial charge in [0.05, 0.1) is 0 Å². The van der Waals surface area contributed by atoms with Gasteiger partial charge >= 0.3 is 6.18 Å². The highest BCUT2D eigenvalue weighted by Crippen LogP contribution is 2.27. The second kappa shape index (κ2) is 8.43. The number of fused-ring (bicyclic) bond motifs is 1. The van der Waals surface area contributed by atoms with E-state index in [1.807, 2.05) is 0 Å². The molecule has 2 aromatic rings. The second-order valence-corrected chi connectivity index (χ2v) is 5.96. The lowest BCUT2D eigenvalue weighted by Crippen LogP contribution is -2.25. The van der Waals surface area contributed by atoms with E-state index in [1.54, 1.807) is 21.0 Å². The summed E-state index contributed by atoms with van der Waals surface area (Å²) in [5, 5.41) is 6.31. The van der Waals surface area contributed by atoms with Gasteiger partial charge in [-0.3, -0.25) is 4.79 Å². The van der Waals surface area contributed by atoms with Gasteiger partial charge in [0, 0.05) is 38.1 Å². The Labute approximate surface area is 149 Å². The quantitative estimate of drug-likeness (QED) is 0.718. The van der Waals surface area contributed by atoms with Gasteiger partial charge < -0.3 is 10.1 Å². The van der Waals surface area contributed by atoms with Crippen LogP contribution in [0.3, 0.4) is 0 Å². The minimum atomic E-state index is -4.63. The molecule has 2 heterocycles. The molecule has 0 fully saturated rings. The average molecular weight is 373 g/mol. The summed E-state index contributed by atoms with van der Waals surface area (Å²) in [6.07, 6.45) is -2.35. The smallest absolute Gasteiger partial charge is 0.385 e. The van der Waals surface area contributed by atoms with Gasteiger partial charge in [0.2, 0.25) is 5.91 Å². The molecule has 2 aromatic heterocycles. The van der Waals surface area contributed by atoms with E-state index in [9.17, 15) is 18.0 Å². The molecule has 0 saturated carbocycles. The number of alkyl halides is 3. The zero-order valence-electron chi connectivity index (χ0n) is 15.0. The summed E-state index contributed by atoms with van der Waals surface area (Å²) in [5.41, 5.74) is 1.75. The largest absolute Gasteiger partial charge is 0.453 e. The molecule has 0 spiro atoms. The Morgan fingerprint density at radius 1 is 1.23 bits per heavy atom. The number of hydrogen-bond acceptors (Lipinski definition) is 5. The molecule has 0 saturated heterocycles. The number of hydrogen-bond donors (Lipinski definition) is 1.